The van der Waals surface area contributed by atoms with Crippen LogP contribution < -0.4 is 5.32 Å². The molecule has 0 aromatic carbocycles. The molecule has 9 nitrogen and oxygen atoms in total. The summed E-state index contributed by atoms with van der Waals surface area (Å²) in [4.78, 5) is 47.7. The predicted octanol–water partition coefficient (Wildman–Crippen LogP) is 1.73. The molecule has 1 aromatic heterocycles. The topological polar surface area (TPSA) is 98.0 Å². The number of nitrogens with zero attached hydrogens (tertiary/aromatic N) is 3. The molecule has 35 heavy (non-hydrogen) atoms. The normalized spacial score (nSPS) is 19.5. The van der Waals surface area contributed by atoms with Crippen molar-refractivity contribution in [2.45, 2.75) is 53.4 Å². The highest BCUT2D eigenvalue weighted by Gasteiger charge is 2.29. The van der Waals surface area contributed by atoms with E-state index in [1.54, 1.807) is 6.92 Å². The van der Waals surface area contributed by atoms with Gasteiger partial charge >= 0.3 is 5.97 Å². The summed E-state index contributed by atoms with van der Waals surface area (Å²) in [5.41, 5.74) is 3.20. The van der Waals surface area contributed by atoms with Gasteiger partial charge in [0.05, 0.1) is 12.5 Å². The van der Waals surface area contributed by atoms with Crippen LogP contribution in [-0.2, 0) is 20.7 Å². The highest BCUT2D eigenvalue weighted by molar-refractivity contribution is 5.90. The zero-order valence-corrected chi connectivity index (χ0v) is 22.0. The van der Waals surface area contributed by atoms with Gasteiger partial charge in [-0.15, -0.1) is 0 Å². The molecular weight excluding hydrogens is 446 g/mol. The monoisotopic (exact) mass is 489 g/mol. The van der Waals surface area contributed by atoms with E-state index in [1.165, 1.54) is 0 Å². The molecule has 0 unspecified atom stereocenters. The summed E-state index contributed by atoms with van der Waals surface area (Å²) in [7, 11) is 0. The van der Waals surface area contributed by atoms with Gasteiger partial charge in [0.25, 0.3) is 0 Å². The Bertz CT molecular complexity index is 875. The predicted molar refractivity (Wildman–Crippen MR) is 135 cm³/mol. The largest absolute Gasteiger partial charge is 0.461 e. The number of H-pyrrole nitrogens is 1. The number of nitrogens with one attached hydrogen (secondary N) is 2. The third-order valence-electron chi connectivity index (χ3n) is 7.45. The minimum Gasteiger partial charge on any atom is -0.461 e. The van der Waals surface area contributed by atoms with Crippen LogP contribution in [0.3, 0.4) is 0 Å². The lowest BCUT2D eigenvalue weighted by molar-refractivity contribution is -0.135. The Morgan fingerprint density at radius 1 is 1.06 bits per heavy atom. The molecular formula is C26H43N5O4. The lowest BCUT2D eigenvalue weighted by atomic mass is 9.96. The zero-order chi connectivity index (χ0) is 25.4. The molecule has 3 heterocycles. The van der Waals surface area contributed by atoms with Gasteiger partial charge in [-0.05, 0) is 57.7 Å². The molecule has 0 radical (unpaired) electrons. The number of ether oxygens (including phenoxy) is 1. The van der Waals surface area contributed by atoms with E-state index in [9.17, 15) is 14.4 Å². The van der Waals surface area contributed by atoms with Gasteiger partial charge in [0.2, 0.25) is 11.8 Å². The van der Waals surface area contributed by atoms with E-state index < -0.39 is 0 Å². The second-order valence-corrected chi connectivity index (χ2v) is 9.69. The summed E-state index contributed by atoms with van der Waals surface area (Å²) in [6.45, 7) is 16.2. The number of piperazine rings is 1. The van der Waals surface area contributed by atoms with E-state index in [-0.39, 0.29) is 23.7 Å². The molecule has 0 saturated carbocycles. The quantitative estimate of drug-likeness (QED) is 0.486. The Morgan fingerprint density at radius 3 is 2.46 bits per heavy atom. The minimum atomic E-state index is -0.362. The molecule has 1 aromatic rings. The van der Waals surface area contributed by atoms with Crippen molar-refractivity contribution in [3.63, 3.8) is 0 Å². The number of rotatable bonds is 10. The van der Waals surface area contributed by atoms with E-state index in [2.05, 4.69) is 27.0 Å². The molecule has 2 saturated heterocycles. The summed E-state index contributed by atoms with van der Waals surface area (Å²) < 4.78 is 5.12. The molecule has 3 rings (SSSR count). The number of aromatic nitrogens is 1. The summed E-state index contributed by atoms with van der Waals surface area (Å²) in [5.74, 6) is -0.380. The van der Waals surface area contributed by atoms with Gasteiger partial charge in [-0.1, -0.05) is 6.92 Å². The Balaban J connectivity index is 1.43. The van der Waals surface area contributed by atoms with Crippen molar-refractivity contribution < 1.29 is 19.1 Å². The van der Waals surface area contributed by atoms with Crippen LogP contribution in [0.1, 0.15) is 60.4 Å². The van der Waals surface area contributed by atoms with E-state index in [1.807, 2.05) is 18.7 Å². The molecule has 0 spiro atoms. The first-order valence-corrected chi connectivity index (χ1v) is 13.2. The Labute approximate surface area is 209 Å². The van der Waals surface area contributed by atoms with Crippen LogP contribution in [0, 0.1) is 19.8 Å². The Kier molecular flexibility index (Phi) is 10.2. The number of carbonyl (C=O) groups is 3. The summed E-state index contributed by atoms with van der Waals surface area (Å²) in [6.07, 6.45) is 2.59. The number of likely N-dealkylation sites (N-methyl/N-ethyl adjacent to an activating group) is 1. The second kappa shape index (κ2) is 13.1. The number of hydrogen-bond donors (Lipinski definition) is 2. The van der Waals surface area contributed by atoms with Gasteiger partial charge in [0.1, 0.15) is 5.69 Å². The van der Waals surface area contributed by atoms with Gasteiger partial charge in [-0.2, -0.15) is 0 Å². The maximum Gasteiger partial charge on any atom is 0.355 e. The van der Waals surface area contributed by atoms with Crippen molar-refractivity contribution in [1.82, 2.24) is 25.0 Å². The summed E-state index contributed by atoms with van der Waals surface area (Å²) in [6, 6.07) is 0. The number of carbonyl (C=O) groups excluding carboxylic acids is 3. The fourth-order valence-corrected chi connectivity index (χ4v) is 5.19. The minimum absolute atomic E-state index is 0.0612. The third-order valence-corrected chi connectivity index (χ3v) is 7.45. The van der Waals surface area contributed by atoms with Crippen LogP contribution in [0.15, 0.2) is 0 Å². The number of aromatic amines is 1. The van der Waals surface area contributed by atoms with Crippen LogP contribution in [-0.4, -0.2) is 103 Å². The van der Waals surface area contributed by atoms with Crippen LogP contribution >= 0.6 is 0 Å². The first-order valence-electron chi connectivity index (χ1n) is 13.2. The van der Waals surface area contributed by atoms with E-state index in [4.69, 9.17) is 4.74 Å². The number of piperidine rings is 1. The Hall–Kier alpha value is -2.39. The average Bonchev–Trinajstić information content (AvgIpc) is 3.16. The molecule has 2 N–H and O–H groups in total. The number of amides is 2. The summed E-state index contributed by atoms with van der Waals surface area (Å²) in [5, 5.41) is 3.10. The average molecular weight is 490 g/mol. The number of hydrogen-bond acceptors (Lipinski definition) is 6. The number of esters is 1. The SMILES string of the molecule is CCOC(=O)c1[nH]c(C)c(CCC(=O)N2CCC[C@@H](C(=O)NCCN3CCN(CC)CC3)C2)c1C. The van der Waals surface area contributed by atoms with Crippen LogP contribution in [0.25, 0.3) is 0 Å². The molecule has 2 aliphatic heterocycles. The molecule has 0 bridgehead atoms. The van der Waals surface area contributed by atoms with Gasteiger partial charge in [0.15, 0.2) is 0 Å². The van der Waals surface area contributed by atoms with Gasteiger partial charge in [0, 0.05) is 64.5 Å². The number of aryl methyl sites for hydroxylation is 1. The van der Waals surface area contributed by atoms with Gasteiger partial charge in [-0.3, -0.25) is 14.5 Å². The van der Waals surface area contributed by atoms with Crippen molar-refractivity contribution in [2.24, 2.45) is 5.92 Å². The van der Waals surface area contributed by atoms with Crippen molar-refractivity contribution in [3.05, 3.63) is 22.5 Å². The molecule has 2 amide bonds. The standard InChI is InChI=1S/C26H43N5O4/c1-5-29-14-16-30(17-15-29)13-11-27-25(33)21-8-7-12-31(18-21)23(32)10-9-22-19(3)24(28-20(22)4)26(34)35-6-2/h21,28H,5-18H2,1-4H3,(H,27,33)/t21-/m1/s1. The van der Waals surface area contributed by atoms with E-state index in [0.29, 0.717) is 44.8 Å². The third kappa shape index (κ3) is 7.30. The molecule has 0 aliphatic carbocycles. The first-order chi connectivity index (χ1) is 16.8. The second-order valence-electron chi connectivity index (χ2n) is 9.69. The lowest BCUT2D eigenvalue weighted by Gasteiger charge is -2.34. The van der Waals surface area contributed by atoms with Crippen LogP contribution in [0.2, 0.25) is 0 Å². The van der Waals surface area contributed by atoms with Crippen molar-refractivity contribution in [2.75, 3.05) is 65.5 Å². The summed E-state index contributed by atoms with van der Waals surface area (Å²) >= 11 is 0. The van der Waals surface area contributed by atoms with Gasteiger partial charge in [-0.25, -0.2) is 4.79 Å². The first kappa shape index (κ1) is 27.2. The Morgan fingerprint density at radius 2 is 1.77 bits per heavy atom. The molecule has 196 valence electrons. The highest BCUT2D eigenvalue weighted by Crippen LogP contribution is 2.22. The van der Waals surface area contributed by atoms with Crippen molar-refractivity contribution in [3.8, 4) is 0 Å². The van der Waals surface area contributed by atoms with E-state index >= 15 is 0 Å². The fourth-order valence-electron chi connectivity index (χ4n) is 5.19. The van der Waals surface area contributed by atoms with Gasteiger partial charge < -0.3 is 24.8 Å². The number of likely N-dealkylation sites (tertiary alicyclic amines) is 1. The van der Waals surface area contributed by atoms with Crippen LogP contribution in [0.4, 0.5) is 0 Å². The molecule has 9 heteroatoms. The van der Waals surface area contributed by atoms with Crippen molar-refractivity contribution >= 4 is 17.8 Å². The van der Waals surface area contributed by atoms with Crippen molar-refractivity contribution in [1.29, 1.82) is 0 Å². The molecule has 1 atom stereocenters. The van der Waals surface area contributed by atoms with E-state index in [0.717, 1.165) is 68.9 Å². The van der Waals surface area contributed by atoms with Crippen LogP contribution in [0.5, 0.6) is 0 Å². The zero-order valence-electron chi connectivity index (χ0n) is 22.0. The molecule has 2 aliphatic rings. The maximum absolute atomic E-state index is 13.0. The lowest BCUT2D eigenvalue weighted by Crippen LogP contribution is -2.49. The fraction of sp³-hybridized carbons (Fsp3) is 0.731. The highest BCUT2D eigenvalue weighted by atomic mass is 16.5. The molecule has 2 fully saturated rings. The maximum atomic E-state index is 13.0. The smallest absolute Gasteiger partial charge is 0.355 e.